The second-order valence-corrected chi connectivity index (χ2v) is 6.46. The van der Waals surface area contributed by atoms with Gasteiger partial charge >= 0.3 is 0 Å². The van der Waals surface area contributed by atoms with Gasteiger partial charge in [-0.05, 0) is 42.6 Å². The van der Waals surface area contributed by atoms with E-state index in [1.165, 1.54) is 25.7 Å². The highest BCUT2D eigenvalue weighted by Gasteiger charge is 2.30. The third-order valence-electron chi connectivity index (χ3n) is 4.09. The van der Waals surface area contributed by atoms with Crippen LogP contribution in [-0.4, -0.2) is 9.55 Å². The molecule has 1 fully saturated rings. The summed E-state index contributed by atoms with van der Waals surface area (Å²) in [6.45, 7) is 3.33. The Morgan fingerprint density at radius 1 is 1.39 bits per heavy atom. The third-order valence-corrected chi connectivity index (χ3v) is 4.72. The van der Waals surface area contributed by atoms with Gasteiger partial charge in [0.25, 0.3) is 0 Å². The number of halogens is 1. The smallest absolute Gasteiger partial charge is 0.178 e. The van der Waals surface area contributed by atoms with Crippen molar-refractivity contribution in [3.8, 4) is 0 Å². The van der Waals surface area contributed by atoms with Gasteiger partial charge < -0.3 is 9.55 Å². The lowest BCUT2D eigenvalue weighted by Gasteiger charge is -2.24. The van der Waals surface area contributed by atoms with E-state index in [1.54, 1.807) is 0 Å². The molecule has 3 rings (SSSR count). The number of nitrogens with one attached hydrogen (secondary N) is 1. The third kappa shape index (κ3) is 1.99. The number of hydrogen-bond acceptors (Lipinski definition) is 1. The van der Waals surface area contributed by atoms with Crippen LogP contribution in [0.1, 0.15) is 32.6 Å². The summed E-state index contributed by atoms with van der Waals surface area (Å²) in [5.41, 5.74) is 2.46. The summed E-state index contributed by atoms with van der Waals surface area (Å²) >= 11 is 11.8. The van der Waals surface area contributed by atoms with E-state index in [2.05, 4.69) is 16.5 Å². The molecule has 2 nitrogen and oxygen atoms in total. The lowest BCUT2D eigenvalue weighted by molar-refractivity contribution is 0.284. The fraction of sp³-hybridized carbons (Fsp3) is 0.500. The number of aromatic amines is 1. The van der Waals surface area contributed by atoms with Crippen LogP contribution in [0.15, 0.2) is 18.2 Å². The van der Waals surface area contributed by atoms with Crippen LogP contribution in [0.25, 0.3) is 11.0 Å². The molecule has 18 heavy (non-hydrogen) atoms. The Morgan fingerprint density at radius 2 is 2.11 bits per heavy atom. The van der Waals surface area contributed by atoms with Gasteiger partial charge in [-0.15, -0.1) is 0 Å². The van der Waals surface area contributed by atoms with Gasteiger partial charge in [0.15, 0.2) is 4.77 Å². The molecular weight excluding hydrogens is 264 g/mol. The molecule has 1 aromatic carbocycles. The molecule has 0 aliphatic heterocycles. The summed E-state index contributed by atoms with van der Waals surface area (Å²) in [6.07, 6.45) is 5.23. The molecule has 1 heterocycles. The number of fused-ring (bicyclic) bond motifs is 1. The van der Waals surface area contributed by atoms with Crippen molar-refractivity contribution in [1.29, 1.82) is 0 Å². The van der Waals surface area contributed by atoms with Gasteiger partial charge in [-0.25, -0.2) is 0 Å². The topological polar surface area (TPSA) is 20.7 Å². The number of aromatic nitrogens is 2. The molecule has 1 aliphatic carbocycles. The number of benzene rings is 1. The molecule has 1 saturated carbocycles. The van der Waals surface area contributed by atoms with Crippen LogP contribution in [0.3, 0.4) is 0 Å². The lowest BCUT2D eigenvalue weighted by Crippen LogP contribution is -2.19. The molecule has 0 saturated heterocycles. The summed E-state index contributed by atoms with van der Waals surface area (Å²) in [5, 5.41) is 0.779. The number of imidazole rings is 1. The Morgan fingerprint density at radius 3 is 2.83 bits per heavy atom. The van der Waals surface area contributed by atoms with Gasteiger partial charge in [0.05, 0.1) is 16.1 Å². The van der Waals surface area contributed by atoms with Crippen LogP contribution < -0.4 is 0 Å². The SMILES string of the molecule is CC1(Cn2c(=S)[nH]c3cccc(Cl)c32)CCCC1. The van der Waals surface area contributed by atoms with Crippen molar-refractivity contribution in [3.05, 3.63) is 28.0 Å². The van der Waals surface area contributed by atoms with Crippen molar-refractivity contribution < 1.29 is 0 Å². The second kappa shape index (κ2) is 4.39. The van der Waals surface area contributed by atoms with E-state index in [4.69, 9.17) is 23.8 Å². The highest BCUT2D eigenvalue weighted by atomic mass is 35.5. The van der Waals surface area contributed by atoms with Crippen molar-refractivity contribution in [2.75, 3.05) is 0 Å². The molecule has 0 unspecified atom stereocenters. The molecule has 96 valence electrons. The van der Waals surface area contributed by atoms with Crippen LogP contribution in [0.2, 0.25) is 5.02 Å². The number of para-hydroxylation sites is 1. The molecule has 0 atom stereocenters. The maximum atomic E-state index is 6.32. The Hall–Kier alpha value is -0.800. The minimum atomic E-state index is 0.368. The molecule has 0 bridgehead atoms. The highest BCUT2D eigenvalue weighted by Crippen LogP contribution is 2.40. The number of H-pyrrole nitrogens is 1. The van der Waals surface area contributed by atoms with Crippen LogP contribution in [0, 0.1) is 10.2 Å². The van der Waals surface area contributed by atoms with Gasteiger partial charge in [0.2, 0.25) is 0 Å². The van der Waals surface area contributed by atoms with E-state index >= 15 is 0 Å². The molecule has 1 aliphatic rings. The van der Waals surface area contributed by atoms with Crippen LogP contribution in [0.4, 0.5) is 0 Å². The average molecular weight is 281 g/mol. The fourth-order valence-electron chi connectivity index (χ4n) is 3.09. The maximum Gasteiger partial charge on any atom is 0.178 e. The van der Waals surface area contributed by atoms with Crippen LogP contribution in [-0.2, 0) is 6.54 Å². The molecule has 4 heteroatoms. The first-order valence-electron chi connectivity index (χ1n) is 6.46. The van der Waals surface area contributed by atoms with Crippen LogP contribution >= 0.6 is 23.8 Å². The summed E-state index contributed by atoms with van der Waals surface area (Å²) in [5.74, 6) is 0. The second-order valence-electron chi connectivity index (χ2n) is 5.67. The Bertz CT molecular complexity index is 635. The van der Waals surface area contributed by atoms with Crippen molar-refractivity contribution in [1.82, 2.24) is 9.55 Å². The number of nitrogens with zero attached hydrogens (tertiary/aromatic N) is 1. The van der Waals surface area contributed by atoms with Gasteiger partial charge in [-0.2, -0.15) is 0 Å². The Labute approximate surface area is 117 Å². The molecule has 1 N–H and O–H groups in total. The van der Waals surface area contributed by atoms with E-state index in [0.29, 0.717) is 5.41 Å². The summed E-state index contributed by atoms with van der Waals surface area (Å²) < 4.78 is 2.96. The zero-order valence-electron chi connectivity index (χ0n) is 10.5. The van der Waals surface area contributed by atoms with Crippen molar-refractivity contribution >= 4 is 34.9 Å². The van der Waals surface area contributed by atoms with Crippen molar-refractivity contribution in [3.63, 3.8) is 0 Å². The predicted octanol–water partition coefficient (Wildman–Crippen LogP) is 4.93. The molecular formula is C14H17ClN2S. The summed E-state index contributed by atoms with van der Waals surface area (Å²) in [7, 11) is 0. The van der Waals surface area contributed by atoms with E-state index in [1.807, 2.05) is 18.2 Å². The number of hydrogen-bond donors (Lipinski definition) is 1. The zero-order valence-corrected chi connectivity index (χ0v) is 12.1. The van der Waals surface area contributed by atoms with E-state index in [9.17, 15) is 0 Å². The lowest BCUT2D eigenvalue weighted by atomic mass is 9.89. The number of rotatable bonds is 2. The molecule has 1 aromatic heterocycles. The normalized spacial score (nSPS) is 18.6. The standard InChI is InChI=1S/C14H17ClN2S/c1-14(7-2-3-8-14)9-17-12-10(15)5-4-6-11(12)16-13(17)18/h4-6H,2-3,7-9H2,1H3,(H,16,18). The largest absolute Gasteiger partial charge is 0.331 e. The molecule has 0 radical (unpaired) electrons. The first-order valence-corrected chi connectivity index (χ1v) is 7.25. The average Bonchev–Trinajstić information content (AvgIpc) is 2.86. The van der Waals surface area contributed by atoms with Crippen molar-refractivity contribution in [2.24, 2.45) is 5.41 Å². The van der Waals surface area contributed by atoms with Gasteiger partial charge in [-0.1, -0.05) is 37.4 Å². The molecule has 0 spiro atoms. The van der Waals surface area contributed by atoms with Gasteiger partial charge in [0.1, 0.15) is 0 Å². The first-order chi connectivity index (χ1) is 8.59. The fourth-order valence-corrected chi connectivity index (χ4v) is 3.64. The monoisotopic (exact) mass is 280 g/mol. The highest BCUT2D eigenvalue weighted by molar-refractivity contribution is 7.71. The Balaban J connectivity index is 2.11. The van der Waals surface area contributed by atoms with E-state index in [0.717, 1.165) is 27.4 Å². The Kier molecular flexibility index (Phi) is 2.99. The molecule has 2 aromatic rings. The van der Waals surface area contributed by atoms with E-state index < -0.39 is 0 Å². The first kappa shape index (κ1) is 12.2. The quantitative estimate of drug-likeness (QED) is 0.773. The predicted molar refractivity (Wildman–Crippen MR) is 78.7 cm³/mol. The van der Waals surface area contributed by atoms with Gasteiger partial charge in [0, 0.05) is 6.54 Å². The van der Waals surface area contributed by atoms with Crippen molar-refractivity contribution in [2.45, 2.75) is 39.2 Å². The zero-order chi connectivity index (χ0) is 12.8. The minimum absolute atomic E-state index is 0.368. The molecule has 0 amide bonds. The summed E-state index contributed by atoms with van der Waals surface area (Å²) in [6, 6.07) is 5.92. The minimum Gasteiger partial charge on any atom is -0.331 e. The maximum absolute atomic E-state index is 6.32. The summed E-state index contributed by atoms with van der Waals surface area (Å²) in [4.78, 5) is 3.25. The van der Waals surface area contributed by atoms with Gasteiger partial charge in [-0.3, -0.25) is 0 Å². The van der Waals surface area contributed by atoms with E-state index in [-0.39, 0.29) is 0 Å². The van der Waals surface area contributed by atoms with Crippen LogP contribution in [0.5, 0.6) is 0 Å².